The van der Waals surface area contributed by atoms with E-state index < -0.39 is 0 Å². The van der Waals surface area contributed by atoms with E-state index in [1.54, 1.807) is 23.7 Å². The van der Waals surface area contributed by atoms with Crippen molar-refractivity contribution in [2.75, 3.05) is 18.4 Å². The van der Waals surface area contributed by atoms with Gasteiger partial charge in [0, 0.05) is 24.3 Å². The van der Waals surface area contributed by atoms with Crippen LogP contribution in [0.4, 0.5) is 10.2 Å². The van der Waals surface area contributed by atoms with E-state index in [9.17, 15) is 9.18 Å². The molecule has 3 rings (SSSR count). The first kappa shape index (κ1) is 19.5. The number of rotatable bonds is 6. The predicted molar refractivity (Wildman–Crippen MR) is 105 cm³/mol. The third-order valence-corrected chi connectivity index (χ3v) is 4.67. The summed E-state index contributed by atoms with van der Waals surface area (Å²) < 4.78 is 15.3. The first-order valence-corrected chi connectivity index (χ1v) is 9.02. The standard InChI is InChI=1S/C20H23FN6O/c1-12-5-6-16(11-17(12)21)20(28)23-10-9-22-18-7-8-19(25-24-18)27-15(4)13(2)14(3)26-27/h5-8,11H,9-10H2,1-4H3,(H,22,24)(H,23,28). The minimum Gasteiger partial charge on any atom is -0.367 e. The van der Waals surface area contributed by atoms with E-state index in [0.717, 1.165) is 17.0 Å². The molecule has 3 aromatic rings. The summed E-state index contributed by atoms with van der Waals surface area (Å²) >= 11 is 0. The van der Waals surface area contributed by atoms with Gasteiger partial charge in [0.1, 0.15) is 11.6 Å². The summed E-state index contributed by atoms with van der Waals surface area (Å²) in [5, 5.41) is 18.6. The number of amides is 1. The van der Waals surface area contributed by atoms with Crippen LogP contribution < -0.4 is 10.6 Å². The van der Waals surface area contributed by atoms with Crippen LogP contribution in [0.5, 0.6) is 0 Å². The molecule has 0 fully saturated rings. The summed E-state index contributed by atoms with van der Waals surface area (Å²) in [5.41, 5.74) is 3.94. The van der Waals surface area contributed by atoms with Gasteiger partial charge in [-0.3, -0.25) is 4.79 Å². The number of anilines is 1. The van der Waals surface area contributed by atoms with E-state index in [1.807, 2.05) is 32.9 Å². The van der Waals surface area contributed by atoms with Crippen molar-refractivity contribution in [3.8, 4) is 5.82 Å². The van der Waals surface area contributed by atoms with Gasteiger partial charge >= 0.3 is 0 Å². The van der Waals surface area contributed by atoms with E-state index in [4.69, 9.17) is 0 Å². The van der Waals surface area contributed by atoms with Crippen LogP contribution >= 0.6 is 0 Å². The van der Waals surface area contributed by atoms with E-state index >= 15 is 0 Å². The van der Waals surface area contributed by atoms with Crippen molar-refractivity contribution in [2.45, 2.75) is 27.7 Å². The van der Waals surface area contributed by atoms with Crippen LogP contribution in [0.15, 0.2) is 30.3 Å². The zero-order valence-electron chi connectivity index (χ0n) is 16.4. The summed E-state index contributed by atoms with van der Waals surface area (Å²) in [6, 6.07) is 8.08. The fourth-order valence-corrected chi connectivity index (χ4v) is 2.68. The van der Waals surface area contributed by atoms with Crippen molar-refractivity contribution < 1.29 is 9.18 Å². The number of hydrogen-bond donors (Lipinski definition) is 2. The second-order valence-corrected chi connectivity index (χ2v) is 6.63. The van der Waals surface area contributed by atoms with E-state index in [-0.39, 0.29) is 11.7 Å². The van der Waals surface area contributed by atoms with Gasteiger partial charge in [-0.15, -0.1) is 10.2 Å². The smallest absolute Gasteiger partial charge is 0.251 e. The first-order chi connectivity index (χ1) is 13.4. The number of nitrogens with zero attached hydrogens (tertiary/aromatic N) is 4. The third-order valence-electron chi connectivity index (χ3n) is 4.67. The minimum absolute atomic E-state index is 0.299. The Morgan fingerprint density at radius 3 is 2.46 bits per heavy atom. The average Bonchev–Trinajstić information content (AvgIpc) is 2.95. The van der Waals surface area contributed by atoms with Crippen molar-refractivity contribution >= 4 is 11.7 Å². The fourth-order valence-electron chi connectivity index (χ4n) is 2.68. The molecule has 0 aliphatic rings. The number of hydrogen-bond acceptors (Lipinski definition) is 5. The van der Waals surface area contributed by atoms with Crippen molar-refractivity contribution in [1.82, 2.24) is 25.3 Å². The highest BCUT2D eigenvalue weighted by Gasteiger charge is 2.10. The lowest BCUT2D eigenvalue weighted by atomic mass is 10.1. The Morgan fingerprint density at radius 1 is 1.07 bits per heavy atom. The Morgan fingerprint density at radius 2 is 1.86 bits per heavy atom. The molecule has 0 atom stereocenters. The van der Waals surface area contributed by atoms with Crippen molar-refractivity contribution in [3.05, 3.63) is 64.2 Å². The zero-order chi connectivity index (χ0) is 20.3. The largest absolute Gasteiger partial charge is 0.367 e. The summed E-state index contributed by atoms with van der Waals surface area (Å²) in [4.78, 5) is 12.0. The maximum absolute atomic E-state index is 13.5. The number of benzene rings is 1. The van der Waals surface area contributed by atoms with E-state index in [1.165, 1.54) is 6.07 Å². The molecule has 2 N–H and O–H groups in total. The number of carbonyl (C=O) groups is 1. The molecular formula is C20H23FN6O. The van der Waals surface area contributed by atoms with Gasteiger partial charge in [0.15, 0.2) is 5.82 Å². The minimum atomic E-state index is -0.390. The number of nitrogens with one attached hydrogen (secondary N) is 2. The monoisotopic (exact) mass is 382 g/mol. The molecule has 2 heterocycles. The van der Waals surface area contributed by atoms with Gasteiger partial charge in [0.05, 0.1) is 5.69 Å². The van der Waals surface area contributed by atoms with Crippen LogP contribution in [0.1, 0.15) is 32.9 Å². The Balaban J connectivity index is 1.52. The predicted octanol–water partition coefficient (Wildman–Crippen LogP) is 2.88. The molecule has 2 aromatic heterocycles. The number of aryl methyl sites for hydroxylation is 2. The van der Waals surface area contributed by atoms with E-state index in [2.05, 4.69) is 25.9 Å². The molecule has 0 saturated carbocycles. The van der Waals surface area contributed by atoms with Gasteiger partial charge in [0.25, 0.3) is 5.91 Å². The highest BCUT2D eigenvalue weighted by Crippen LogP contribution is 2.15. The maximum atomic E-state index is 13.5. The zero-order valence-corrected chi connectivity index (χ0v) is 16.4. The van der Waals surface area contributed by atoms with Gasteiger partial charge in [0.2, 0.25) is 0 Å². The lowest BCUT2D eigenvalue weighted by molar-refractivity contribution is 0.0954. The molecule has 0 saturated heterocycles. The van der Waals surface area contributed by atoms with Crippen molar-refractivity contribution in [1.29, 1.82) is 0 Å². The van der Waals surface area contributed by atoms with Crippen LogP contribution in [0.25, 0.3) is 5.82 Å². The number of aromatic nitrogens is 4. The third kappa shape index (κ3) is 4.16. The molecule has 8 heteroatoms. The highest BCUT2D eigenvalue weighted by atomic mass is 19.1. The van der Waals surface area contributed by atoms with Gasteiger partial charge < -0.3 is 10.6 Å². The summed E-state index contributed by atoms with van der Waals surface area (Å²) in [7, 11) is 0. The number of halogens is 1. The molecule has 146 valence electrons. The van der Waals surface area contributed by atoms with Crippen LogP contribution in [0, 0.1) is 33.5 Å². The Hall–Kier alpha value is -3.29. The van der Waals surface area contributed by atoms with Crippen molar-refractivity contribution in [3.63, 3.8) is 0 Å². The average molecular weight is 382 g/mol. The second kappa shape index (κ2) is 8.16. The molecule has 0 aliphatic heterocycles. The summed E-state index contributed by atoms with van der Waals surface area (Å²) in [5.74, 6) is 0.535. The maximum Gasteiger partial charge on any atom is 0.251 e. The van der Waals surface area contributed by atoms with Crippen LogP contribution in [0.2, 0.25) is 0 Å². The summed E-state index contributed by atoms with van der Waals surface area (Å²) in [6.45, 7) is 8.47. The summed E-state index contributed by atoms with van der Waals surface area (Å²) in [6.07, 6.45) is 0. The lowest BCUT2D eigenvalue weighted by Gasteiger charge is -2.08. The van der Waals surface area contributed by atoms with Crippen molar-refractivity contribution in [2.24, 2.45) is 0 Å². The Kier molecular flexibility index (Phi) is 5.67. The molecule has 0 spiro atoms. The second-order valence-electron chi connectivity index (χ2n) is 6.63. The Bertz CT molecular complexity index is 997. The first-order valence-electron chi connectivity index (χ1n) is 9.02. The Labute approximate surface area is 163 Å². The van der Waals surface area contributed by atoms with Gasteiger partial charge in [-0.2, -0.15) is 5.10 Å². The SMILES string of the molecule is Cc1ccc(C(=O)NCCNc2ccc(-n3nc(C)c(C)c3C)nn2)cc1F. The van der Waals surface area contributed by atoms with Crippen LogP contribution in [-0.2, 0) is 0 Å². The van der Waals surface area contributed by atoms with Gasteiger partial charge in [-0.1, -0.05) is 6.07 Å². The quantitative estimate of drug-likeness (QED) is 0.641. The highest BCUT2D eigenvalue weighted by molar-refractivity contribution is 5.94. The molecule has 0 unspecified atom stereocenters. The normalized spacial score (nSPS) is 10.8. The molecule has 0 radical (unpaired) electrons. The molecule has 7 nitrogen and oxygen atoms in total. The van der Waals surface area contributed by atoms with E-state index in [0.29, 0.717) is 35.9 Å². The lowest BCUT2D eigenvalue weighted by Crippen LogP contribution is -2.29. The molecule has 1 aromatic carbocycles. The number of carbonyl (C=O) groups excluding carboxylic acids is 1. The molecule has 1 amide bonds. The topological polar surface area (TPSA) is 84.7 Å². The molecule has 0 aliphatic carbocycles. The molecule has 28 heavy (non-hydrogen) atoms. The van der Waals surface area contributed by atoms with Crippen LogP contribution in [-0.4, -0.2) is 39.0 Å². The molecular weight excluding hydrogens is 359 g/mol. The fraction of sp³-hybridized carbons (Fsp3) is 0.300. The van der Waals surface area contributed by atoms with Crippen LogP contribution in [0.3, 0.4) is 0 Å². The van der Waals surface area contributed by atoms with Gasteiger partial charge in [-0.05, 0) is 63.1 Å². The molecule has 0 bridgehead atoms. The van der Waals surface area contributed by atoms with Gasteiger partial charge in [-0.25, -0.2) is 9.07 Å².